The number of phenols is 5. The van der Waals surface area contributed by atoms with E-state index in [1.165, 1.54) is 38.3 Å². The van der Waals surface area contributed by atoms with Crippen LogP contribution in [0.25, 0.3) is 33.4 Å². The Morgan fingerprint density at radius 3 is 2.29 bits per heavy atom. The summed E-state index contributed by atoms with van der Waals surface area (Å²) < 4.78 is 17.7. The van der Waals surface area contributed by atoms with Gasteiger partial charge in [0.05, 0.1) is 19.1 Å². The second-order valence-electron chi connectivity index (χ2n) is 9.95. The van der Waals surface area contributed by atoms with Gasteiger partial charge in [0.25, 0.3) is 0 Å². The molecule has 0 aliphatic carbocycles. The number of methoxy groups -OCH3 is 1. The first-order chi connectivity index (χ1) is 20.1. The fourth-order valence-corrected chi connectivity index (χ4v) is 5.20. The van der Waals surface area contributed by atoms with Crippen molar-refractivity contribution in [2.24, 2.45) is 0 Å². The van der Waals surface area contributed by atoms with Crippen LogP contribution in [0.15, 0.2) is 69.9 Å². The van der Waals surface area contributed by atoms with E-state index in [1.54, 1.807) is 30.3 Å². The van der Waals surface area contributed by atoms with Gasteiger partial charge in [-0.05, 0) is 48.9 Å². The van der Waals surface area contributed by atoms with E-state index in [4.69, 9.17) is 13.9 Å². The second kappa shape index (κ2) is 9.77. The van der Waals surface area contributed by atoms with E-state index >= 15 is 0 Å². The fourth-order valence-electron chi connectivity index (χ4n) is 5.20. The molecule has 6 rings (SSSR count). The minimum absolute atomic E-state index is 0.0130. The third kappa shape index (κ3) is 4.21. The monoisotopic (exact) mass is 568 g/mol. The molecule has 0 unspecified atom stereocenters. The van der Waals surface area contributed by atoms with E-state index in [9.17, 15) is 35.1 Å². The quantitative estimate of drug-likeness (QED) is 0.182. The molecule has 4 aromatic carbocycles. The molecule has 212 valence electrons. The van der Waals surface area contributed by atoms with Gasteiger partial charge in [0.2, 0.25) is 0 Å². The molecule has 0 amide bonds. The Labute approximate surface area is 237 Å². The maximum absolute atomic E-state index is 13.2. The van der Waals surface area contributed by atoms with Crippen molar-refractivity contribution in [1.82, 2.24) is 0 Å². The summed E-state index contributed by atoms with van der Waals surface area (Å²) >= 11 is 0. The Hall–Kier alpha value is -5.64. The lowest BCUT2D eigenvalue weighted by atomic mass is 9.91. The third-order valence-corrected chi connectivity index (χ3v) is 7.39. The first kappa shape index (κ1) is 26.6. The zero-order valence-electron chi connectivity index (χ0n) is 22.3. The molecule has 0 saturated carbocycles. The molecule has 0 saturated heterocycles. The van der Waals surface area contributed by atoms with Crippen LogP contribution in [0.5, 0.6) is 40.2 Å². The van der Waals surface area contributed by atoms with E-state index in [2.05, 4.69) is 0 Å². The first-order valence-electron chi connectivity index (χ1n) is 12.8. The van der Waals surface area contributed by atoms with Crippen LogP contribution in [0.3, 0.4) is 0 Å². The number of carbonyl (C=O) groups excluding carboxylic acids is 1. The van der Waals surface area contributed by atoms with E-state index in [1.807, 2.05) is 0 Å². The molecule has 1 atom stereocenters. The molecule has 10 nitrogen and oxygen atoms in total. The third-order valence-electron chi connectivity index (χ3n) is 7.39. The van der Waals surface area contributed by atoms with Gasteiger partial charge in [0, 0.05) is 34.9 Å². The molecule has 0 bridgehead atoms. The van der Waals surface area contributed by atoms with Gasteiger partial charge < -0.3 is 39.4 Å². The number of Topliss-reactive ketones (excluding diaryl/α,β-unsaturated/α-hetero) is 1. The number of hydrogen-bond acceptors (Lipinski definition) is 10. The van der Waals surface area contributed by atoms with Gasteiger partial charge in [0.15, 0.2) is 16.8 Å². The number of rotatable bonds is 4. The highest BCUT2D eigenvalue weighted by molar-refractivity contribution is 6.04. The van der Waals surface area contributed by atoms with Gasteiger partial charge in [-0.2, -0.15) is 0 Å². The van der Waals surface area contributed by atoms with Crippen molar-refractivity contribution in [3.8, 4) is 62.7 Å². The Morgan fingerprint density at radius 1 is 0.833 bits per heavy atom. The smallest absolute Gasteiger partial charge is 0.197 e. The van der Waals surface area contributed by atoms with Crippen molar-refractivity contribution < 1.29 is 44.2 Å². The van der Waals surface area contributed by atoms with Gasteiger partial charge in [-0.3, -0.25) is 9.59 Å². The molecule has 0 radical (unpaired) electrons. The number of benzene rings is 4. The molecule has 5 N–H and O–H groups in total. The number of carbonyl (C=O) groups is 1. The number of phenolic OH excluding ortho intramolecular Hbond substituents is 5. The van der Waals surface area contributed by atoms with Crippen molar-refractivity contribution in [3.63, 3.8) is 0 Å². The summed E-state index contributed by atoms with van der Waals surface area (Å²) in [7, 11) is 1.42. The summed E-state index contributed by atoms with van der Waals surface area (Å²) in [4.78, 5) is 26.2. The van der Waals surface area contributed by atoms with Gasteiger partial charge in [0.1, 0.15) is 63.1 Å². The minimum Gasteiger partial charge on any atom is -0.508 e. The maximum Gasteiger partial charge on any atom is 0.197 e. The van der Waals surface area contributed by atoms with Crippen LogP contribution in [-0.2, 0) is 0 Å². The van der Waals surface area contributed by atoms with E-state index in [-0.39, 0.29) is 79.9 Å². The summed E-state index contributed by atoms with van der Waals surface area (Å²) in [5, 5.41) is 51.8. The van der Waals surface area contributed by atoms with Crippen molar-refractivity contribution in [2.45, 2.75) is 19.4 Å². The van der Waals surface area contributed by atoms with Crippen LogP contribution < -0.4 is 14.9 Å². The SMILES string of the molecule is COc1ccc([C@H]2CC(=O)c3c(cc(O)c(C)c3O)O2)cc1-c1c(O)cc(O)c2c(=O)cc(-c3ccc(O)cc3)oc12. The largest absolute Gasteiger partial charge is 0.508 e. The average Bonchev–Trinajstić information content (AvgIpc) is 2.95. The summed E-state index contributed by atoms with van der Waals surface area (Å²) in [6.45, 7) is 1.49. The van der Waals surface area contributed by atoms with Crippen molar-refractivity contribution in [2.75, 3.05) is 7.11 Å². The fraction of sp³-hybridized carbons (Fsp3) is 0.125. The average molecular weight is 569 g/mol. The summed E-state index contributed by atoms with van der Waals surface area (Å²) in [5.41, 5.74) is 0.751. The Morgan fingerprint density at radius 2 is 1.57 bits per heavy atom. The Balaban J connectivity index is 1.54. The van der Waals surface area contributed by atoms with Crippen molar-refractivity contribution in [1.29, 1.82) is 0 Å². The number of aromatic hydroxyl groups is 5. The van der Waals surface area contributed by atoms with Gasteiger partial charge in [-0.1, -0.05) is 6.07 Å². The normalized spacial score (nSPS) is 14.4. The number of ether oxygens (including phenoxy) is 2. The van der Waals surface area contributed by atoms with Crippen molar-refractivity contribution >= 4 is 16.8 Å². The molecule has 0 spiro atoms. The molecule has 2 heterocycles. The van der Waals surface area contributed by atoms with Gasteiger partial charge in [-0.25, -0.2) is 0 Å². The van der Waals surface area contributed by atoms with E-state index in [0.29, 0.717) is 11.1 Å². The minimum atomic E-state index is -0.832. The van der Waals surface area contributed by atoms with Gasteiger partial charge >= 0.3 is 0 Å². The molecule has 1 aliphatic heterocycles. The molecule has 1 aromatic heterocycles. The highest BCUT2D eigenvalue weighted by Crippen LogP contribution is 2.48. The Bertz CT molecular complexity index is 1970. The van der Waals surface area contributed by atoms with E-state index in [0.717, 1.165) is 6.07 Å². The van der Waals surface area contributed by atoms with Gasteiger partial charge in [-0.15, -0.1) is 0 Å². The summed E-state index contributed by atoms with van der Waals surface area (Å²) in [6, 6.07) is 14.3. The van der Waals surface area contributed by atoms with Crippen LogP contribution >= 0.6 is 0 Å². The van der Waals surface area contributed by atoms with Crippen LogP contribution in [0.2, 0.25) is 0 Å². The number of fused-ring (bicyclic) bond motifs is 2. The lowest BCUT2D eigenvalue weighted by Crippen LogP contribution is -2.21. The topological polar surface area (TPSA) is 167 Å². The highest BCUT2D eigenvalue weighted by Gasteiger charge is 2.33. The van der Waals surface area contributed by atoms with Crippen LogP contribution in [0.1, 0.15) is 34.0 Å². The summed E-state index contributed by atoms with van der Waals surface area (Å²) in [5.74, 6) is -1.39. The molecular weight excluding hydrogens is 544 g/mol. The van der Waals surface area contributed by atoms with Crippen LogP contribution in [0.4, 0.5) is 0 Å². The lowest BCUT2D eigenvalue weighted by Gasteiger charge is -2.27. The molecule has 10 heteroatoms. The second-order valence-corrected chi connectivity index (χ2v) is 9.95. The van der Waals surface area contributed by atoms with Crippen molar-refractivity contribution in [3.05, 3.63) is 87.6 Å². The highest BCUT2D eigenvalue weighted by atomic mass is 16.5. The first-order valence-corrected chi connectivity index (χ1v) is 12.8. The predicted octanol–water partition coefficient (Wildman–Crippen LogP) is 5.68. The lowest BCUT2D eigenvalue weighted by molar-refractivity contribution is 0.0844. The number of hydrogen-bond donors (Lipinski definition) is 5. The number of ketones is 1. The Kier molecular flexibility index (Phi) is 6.18. The standard InChI is InChI=1S/C32H24O10/c1-14-19(34)11-27-30(31(14)39)23(38)13-26(41-27)16-5-8-24(40-2)18(9-16)28-20(35)10-21(36)29-22(37)12-25(42-32(28)29)15-3-6-17(33)7-4-15/h3-12,26,33-36,39H,13H2,1-2H3/t26-/m1/s1. The van der Waals surface area contributed by atoms with Crippen LogP contribution in [0, 0.1) is 6.92 Å². The van der Waals surface area contributed by atoms with Crippen LogP contribution in [-0.4, -0.2) is 38.4 Å². The predicted molar refractivity (Wildman–Crippen MR) is 152 cm³/mol. The van der Waals surface area contributed by atoms with E-state index < -0.39 is 23.0 Å². The zero-order chi connectivity index (χ0) is 29.9. The molecule has 1 aliphatic rings. The molecule has 0 fully saturated rings. The molecular formula is C32H24O10. The molecule has 42 heavy (non-hydrogen) atoms. The molecule has 5 aromatic rings. The summed E-state index contributed by atoms with van der Waals surface area (Å²) in [6.07, 6.45) is -0.958. The maximum atomic E-state index is 13.2. The zero-order valence-corrected chi connectivity index (χ0v) is 22.3.